The third-order valence-electron chi connectivity index (χ3n) is 6.94. The minimum Gasteiger partial charge on any atom is -0.405 e. The number of nitrogens with one attached hydrogen (secondary N) is 2. The van der Waals surface area contributed by atoms with Gasteiger partial charge in [0.05, 0.1) is 0 Å². The van der Waals surface area contributed by atoms with E-state index in [1.807, 2.05) is 26.2 Å². The molecule has 2 aromatic rings. The van der Waals surface area contributed by atoms with E-state index < -0.39 is 12.0 Å². The molecule has 0 aromatic heterocycles. The Morgan fingerprint density at radius 2 is 1.86 bits per heavy atom. The average Bonchev–Trinajstić information content (AvgIpc) is 2.79. The van der Waals surface area contributed by atoms with Gasteiger partial charge in [-0.05, 0) is 68.3 Å². The topological polar surface area (TPSA) is 62.5 Å². The summed E-state index contributed by atoms with van der Waals surface area (Å²) in [7, 11) is 4.07. The Labute approximate surface area is 213 Å². The highest BCUT2D eigenvalue weighted by molar-refractivity contribution is 9.10. The molecule has 1 unspecified atom stereocenters. The van der Waals surface area contributed by atoms with Gasteiger partial charge in [0.2, 0.25) is 0 Å². The van der Waals surface area contributed by atoms with Crippen LogP contribution in [-0.2, 0) is 6.54 Å². The lowest BCUT2D eigenvalue weighted by molar-refractivity contribution is -0.274. The molecule has 2 aromatic carbocycles. The van der Waals surface area contributed by atoms with Crippen LogP contribution in [0.4, 0.5) is 18.9 Å². The van der Waals surface area contributed by atoms with Crippen molar-refractivity contribution in [1.29, 1.82) is 0 Å². The van der Waals surface area contributed by atoms with Crippen LogP contribution >= 0.6 is 15.9 Å². The molecule has 0 bridgehead atoms. The van der Waals surface area contributed by atoms with Crippen molar-refractivity contribution in [2.24, 2.45) is 17.6 Å². The van der Waals surface area contributed by atoms with Gasteiger partial charge in [0.25, 0.3) is 0 Å². The van der Waals surface area contributed by atoms with E-state index in [0.29, 0.717) is 28.4 Å². The van der Waals surface area contributed by atoms with Crippen molar-refractivity contribution < 1.29 is 17.9 Å². The molecule has 4 rings (SSSR count). The molecule has 4 N–H and O–H groups in total. The molecule has 0 amide bonds. The van der Waals surface area contributed by atoms with Gasteiger partial charge in [-0.25, -0.2) is 0 Å². The molecule has 1 aliphatic heterocycles. The highest BCUT2D eigenvalue weighted by Crippen LogP contribution is 2.41. The first-order chi connectivity index (χ1) is 16.5. The molecular formula is C26H32BrF3N4O. The molecule has 0 saturated heterocycles. The van der Waals surface area contributed by atoms with Crippen LogP contribution in [0.3, 0.4) is 0 Å². The van der Waals surface area contributed by atoms with E-state index in [4.69, 9.17) is 5.73 Å². The fourth-order valence-corrected chi connectivity index (χ4v) is 5.47. The van der Waals surface area contributed by atoms with Crippen molar-refractivity contribution in [1.82, 2.24) is 10.2 Å². The standard InChI is InChI=1S/C26H32BrF3N4O/c1-34(2)23-14-25(31,33-22-6-4-3-5-21(22)23)19-10-7-17(8-11-19)15-32-16-18-9-12-20(27)13-24(18)35-26(28,29)30/h3-6,9,12-14,17,19,32-33H,7-8,10-11,15-16,31H2,1-2H3. The molecule has 0 radical (unpaired) electrons. The minimum atomic E-state index is -4.72. The van der Waals surface area contributed by atoms with Gasteiger partial charge in [-0.1, -0.05) is 40.2 Å². The number of hydrogen-bond acceptors (Lipinski definition) is 5. The smallest absolute Gasteiger partial charge is 0.405 e. The Balaban J connectivity index is 1.34. The largest absolute Gasteiger partial charge is 0.573 e. The van der Waals surface area contributed by atoms with Crippen molar-refractivity contribution in [3.8, 4) is 5.75 Å². The average molecular weight is 553 g/mol. The van der Waals surface area contributed by atoms with Gasteiger partial charge >= 0.3 is 6.36 Å². The Morgan fingerprint density at radius 1 is 1.14 bits per heavy atom. The predicted molar refractivity (Wildman–Crippen MR) is 137 cm³/mol. The first-order valence-electron chi connectivity index (χ1n) is 11.9. The van der Waals surface area contributed by atoms with Gasteiger partial charge < -0.3 is 26.0 Å². The summed E-state index contributed by atoms with van der Waals surface area (Å²) in [4.78, 5) is 2.11. The van der Waals surface area contributed by atoms with Crippen LogP contribution in [0.1, 0.15) is 36.8 Å². The number of nitrogens with zero attached hydrogens (tertiary/aromatic N) is 1. The van der Waals surface area contributed by atoms with Gasteiger partial charge in [0.15, 0.2) is 0 Å². The van der Waals surface area contributed by atoms with Crippen molar-refractivity contribution in [2.75, 3.05) is 26.0 Å². The minimum absolute atomic E-state index is 0.180. The highest BCUT2D eigenvalue weighted by Gasteiger charge is 2.39. The first kappa shape index (κ1) is 25.9. The number of nitrogens with two attached hydrogens (primary N) is 1. The van der Waals surface area contributed by atoms with Crippen molar-refractivity contribution >= 4 is 27.3 Å². The second kappa shape index (κ2) is 10.4. The van der Waals surface area contributed by atoms with Crippen LogP contribution in [0.2, 0.25) is 0 Å². The third-order valence-corrected chi connectivity index (χ3v) is 7.43. The number of ether oxygens (including phenoxy) is 1. The zero-order chi connectivity index (χ0) is 25.2. The van der Waals surface area contributed by atoms with Crippen LogP contribution < -0.4 is 21.1 Å². The summed E-state index contributed by atoms with van der Waals surface area (Å²) < 4.78 is 43.0. The van der Waals surface area contributed by atoms with Gasteiger partial charge in [0.1, 0.15) is 11.4 Å². The number of halogens is 4. The fraction of sp³-hybridized carbons (Fsp3) is 0.462. The van der Waals surface area contributed by atoms with Crippen molar-refractivity contribution in [3.05, 3.63) is 64.1 Å². The zero-order valence-corrected chi connectivity index (χ0v) is 21.5. The second-order valence-electron chi connectivity index (χ2n) is 9.68. The number of anilines is 1. The van der Waals surface area contributed by atoms with Crippen LogP contribution in [0, 0.1) is 11.8 Å². The van der Waals surface area contributed by atoms with Gasteiger partial charge in [-0.15, -0.1) is 13.2 Å². The lowest BCUT2D eigenvalue weighted by Crippen LogP contribution is -2.55. The predicted octanol–water partition coefficient (Wildman–Crippen LogP) is 5.93. The summed E-state index contributed by atoms with van der Waals surface area (Å²) in [5.41, 5.74) is 10.1. The van der Waals surface area contributed by atoms with Crippen LogP contribution in [0.15, 0.2) is 53.0 Å². The van der Waals surface area contributed by atoms with Gasteiger partial charge in [0, 0.05) is 47.6 Å². The Bertz CT molecular complexity index is 1070. The van der Waals surface area contributed by atoms with Crippen LogP contribution in [-0.4, -0.2) is 37.6 Å². The molecular weight excluding hydrogens is 521 g/mol. The molecule has 1 fully saturated rings. The van der Waals surface area contributed by atoms with Crippen molar-refractivity contribution in [2.45, 2.75) is 44.3 Å². The molecule has 5 nitrogen and oxygen atoms in total. The highest BCUT2D eigenvalue weighted by atomic mass is 79.9. The van der Waals surface area contributed by atoms with E-state index in [0.717, 1.165) is 49.2 Å². The summed E-state index contributed by atoms with van der Waals surface area (Å²) >= 11 is 3.21. The maximum atomic E-state index is 12.8. The monoisotopic (exact) mass is 552 g/mol. The molecule has 1 aliphatic carbocycles. The van der Waals surface area contributed by atoms with E-state index in [9.17, 15) is 13.2 Å². The fourth-order valence-electron chi connectivity index (χ4n) is 5.13. The van der Waals surface area contributed by atoms with E-state index in [1.54, 1.807) is 12.1 Å². The quantitative estimate of drug-likeness (QED) is 0.397. The molecule has 1 heterocycles. The molecule has 0 spiro atoms. The molecule has 1 atom stereocenters. The summed E-state index contributed by atoms with van der Waals surface area (Å²) in [5, 5.41) is 6.91. The number of fused-ring (bicyclic) bond motifs is 1. The Hall–Kier alpha value is -2.23. The Morgan fingerprint density at radius 3 is 2.54 bits per heavy atom. The first-order valence-corrected chi connectivity index (χ1v) is 12.6. The lowest BCUT2D eigenvalue weighted by Gasteiger charge is -2.44. The second-order valence-corrected chi connectivity index (χ2v) is 10.6. The van der Waals surface area contributed by atoms with Crippen molar-refractivity contribution in [3.63, 3.8) is 0 Å². The molecule has 2 aliphatic rings. The van der Waals surface area contributed by atoms with Gasteiger partial charge in [-0.3, -0.25) is 0 Å². The maximum absolute atomic E-state index is 12.8. The summed E-state index contributed by atoms with van der Waals surface area (Å²) in [6.07, 6.45) is 1.43. The van der Waals surface area contributed by atoms with E-state index >= 15 is 0 Å². The summed E-state index contributed by atoms with van der Waals surface area (Å²) in [6.45, 7) is 1.05. The molecule has 190 valence electrons. The number of para-hydroxylation sites is 1. The third kappa shape index (κ3) is 6.32. The van der Waals surface area contributed by atoms with E-state index in [2.05, 4.69) is 54.4 Å². The Kier molecular flexibility index (Phi) is 7.68. The molecule has 9 heteroatoms. The number of alkyl halides is 3. The van der Waals surface area contributed by atoms with Crippen LogP contribution in [0.5, 0.6) is 5.75 Å². The number of rotatable bonds is 7. The van der Waals surface area contributed by atoms with E-state index in [1.165, 1.54) is 6.07 Å². The van der Waals surface area contributed by atoms with E-state index in [-0.39, 0.29) is 5.75 Å². The lowest BCUT2D eigenvalue weighted by atomic mass is 9.74. The summed E-state index contributed by atoms with van der Waals surface area (Å²) in [6, 6.07) is 12.9. The molecule has 35 heavy (non-hydrogen) atoms. The number of hydrogen-bond donors (Lipinski definition) is 3. The number of benzene rings is 2. The maximum Gasteiger partial charge on any atom is 0.573 e. The summed E-state index contributed by atoms with van der Waals surface area (Å²) in [5.74, 6) is 0.561. The van der Waals surface area contributed by atoms with Gasteiger partial charge in [-0.2, -0.15) is 0 Å². The normalized spacial score (nSPS) is 24.3. The SMILES string of the molecule is CN(C)C1=CC(N)(C2CCC(CNCc3ccc(Br)cc3OC(F)(F)F)CC2)Nc2ccccc21. The molecule has 1 saturated carbocycles. The van der Waals surface area contributed by atoms with Crippen LogP contribution in [0.25, 0.3) is 5.70 Å². The zero-order valence-electron chi connectivity index (χ0n) is 20.0.